The van der Waals surface area contributed by atoms with Crippen molar-refractivity contribution in [2.24, 2.45) is 0 Å². The summed E-state index contributed by atoms with van der Waals surface area (Å²) in [7, 11) is 0. The molecule has 0 saturated carbocycles. The molecule has 0 aliphatic carbocycles. The van der Waals surface area contributed by atoms with Crippen LogP contribution < -0.4 is 5.73 Å². The van der Waals surface area contributed by atoms with Crippen molar-refractivity contribution in [2.75, 3.05) is 5.73 Å². The lowest BCUT2D eigenvalue weighted by molar-refractivity contribution is 1.17. The first-order chi connectivity index (χ1) is 7.58. The number of nitrogens with two attached hydrogens (primary N) is 1. The molecular formula is C10H6BrClIN3. The van der Waals surface area contributed by atoms with Gasteiger partial charge in [0.1, 0.15) is 5.82 Å². The summed E-state index contributed by atoms with van der Waals surface area (Å²) in [5, 5.41) is 0.623. The summed E-state index contributed by atoms with van der Waals surface area (Å²) in [5.41, 5.74) is 6.57. The largest absolute Gasteiger partial charge is 0.383 e. The van der Waals surface area contributed by atoms with Gasteiger partial charge in [-0.05, 0) is 56.7 Å². The fraction of sp³-hybridized carbons (Fsp3) is 0. The van der Waals surface area contributed by atoms with Gasteiger partial charge in [-0.2, -0.15) is 0 Å². The number of anilines is 1. The van der Waals surface area contributed by atoms with E-state index in [1.54, 1.807) is 12.3 Å². The van der Waals surface area contributed by atoms with Crippen molar-refractivity contribution < 1.29 is 0 Å². The van der Waals surface area contributed by atoms with E-state index in [1.807, 2.05) is 12.1 Å². The van der Waals surface area contributed by atoms with Crippen molar-refractivity contribution in [1.29, 1.82) is 0 Å². The molecule has 82 valence electrons. The SMILES string of the molecule is Nc1nc(-c2ccc(Br)c(Cl)c2)ncc1I. The molecule has 0 atom stereocenters. The summed E-state index contributed by atoms with van der Waals surface area (Å²) < 4.78 is 1.68. The van der Waals surface area contributed by atoms with Gasteiger partial charge in [0.2, 0.25) is 0 Å². The van der Waals surface area contributed by atoms with Crippen LogP contribution in [0.3, 0.4) is 0 Å². The minimum Gasteiger partial charge on any atom is -0.383 e. The van der Waals surface area contributed by atoms with Crippen LogP contribution in [-0.4, -0.2) is 9.97 Å². The van der Waals surface area contributed by atoms with Crippen LogP contribution in [-0.2, 0) is 0 Å². The molecule has 2 aromatic rings. The minimum atomic E-state index is 0.477. The van der Waals surface area contributed by atoms with Gasteiger partial charge in [0.15, 0.2) is 5.82 Å². The summed E-state index contributed by atoms with van der Waals surface area (Å²) in [4.78, 5) is 8.41. The summed E-state index contributed by atoms with van der Waals surface area (Å²) in [6.45, 7) is 0. The van der Waals surface area contributed by atoms with Crippen LogP contribution in [0, 0.1) is 3.57 Å². The second-order valence-corrected chi connectivity index (χ2v) is 5.48. The molecule has 0 aliphatic rings. The molecule has 0 saturated heterocycles. The molecule has 2 N–H and O–H groups in total. The van der Waals surface area contributed by atoms with Gasteiger partial charge in [-0.25, -0.2) is 9.97 Å². The summed E-state index contributed by atoms with van der Waals surface area (Å²) in [6.07, 6.45) is 1.69. The zero-order valence-electron chi connectivity index (χ0n) is 7.92. The van der Waals surface area contributed by atoms with Crippen molar-refractivity contribution in [2.45, 2.75) is 0 Å². The molecular weight excluding hydrogens is 404 g/mol. The number of rotatable bonds is 1. The second kappa shape index (κ2) is 4.85. The molecule has 2 rings (SSSR count). The smallest absolute Gasteiger partial charge is 0.161 e. The fourth-order valence-electron chi connectivity index (χ4n) is 1.15. The molecule has 0 aliphatic heterocycles. The number of nitrogen functional groups attached to an aromatic ring is 1. The van der Waals surface area contributed by atoms with E-state index in [0.29, 0.717) is 16.7 Å². The highest BCUT2D eigenvalue weighted by Gasteiger charge is 2.06. The van der Waals surface area contributed by atoms with E-state index in [1.165, 1.54) is 0 Å². The van der Waals surface area contributed by atoms with E-state index in [9.17, 15) is 0 Å². The van der Waals surface area contributed by atoms with E-state index in [0.717, 1.165) is 13.6 Å². The molecule has 0 spiro atoms. The highest BCUT2D eigenvalue weighted by atomic mass is 127. The Labute approximate surface area is 120 Å². The zero-order valence-corrected chi connectivity index (χ0v) is 12.4. The van der Waals surface area contributed by atoms with E-state index in [2.05, 4.69) is 48.5 Å². The van der Waals surface area contributed by atoms with Crippen molar-refractivity contribution in [1.82, 2.24) is 9.97 Å². The number of benzene rings is 1. The van der Waals surface area contributed by atoms with Gasteiger partial charge in [0.05, 0.1) is 8.59 Å². The van der Waals surface area contributed by atoms with Gasteiger partial charge in [-0.15, -0.1) is 0 Å². The average molecular weight is 410 g/mol. The predicted octanol–water partition coefficient (Wildman–Crippen LogP) is 3.75. The Morgan fingerprint density at radius 2 is 2.12 bits per heavy atom. The second-order valence-electron chi connectivity index (χ2n) is 3.06. The highest BCUT2D eigenvalue weighted by molar-refractivity contribution is 14.1. The Balaban J connectivity index is 2.50. The Hall–Kier alpha value is -0.400. The molecule has 1 aromatic heterocycles. The third-order valence-corrected chi connectivity index (χ3v) is 4.01. The number of hydrogen-bond acceptors (Lipinski definition) is 3. The molecule has 1 heterocycles. The van der Waals surface area contributed by atoms with Crippen LogP contribution in [0.4, 0.5) is 5.82 Å². The summed E-state index contributed by atoms with van der Waals surface area (Å²) in [5.74, 6) is 1.05. The van der Waals surface area contributed by atoms with Crippen LogP contribution >= 0.6 is 50.1 Å². The maximum absolute atomic E-state index is 6.00. The quantitative estimate of drug-likeness (QED) is 0.729. The van der Waals surface area contributed by atoms with Crippen LogP contribution in [0.25, 0.3) is 11.4 Å². The third kappa shape index (κ3) is 2.46. The van der Waals surface area contributed by atoms with Crippen LogP contribution in [0.5, 0.6) is 0 Å². The number of nitrogens with zero attached hydrogens (tertiary/aromatic N) is 2. The standard InChI is InChI=1S/C10H6BrClIN3/c11-6-2-1-5(3-7(6)12)10-15-4-8(13)9(14)16-10/h1-4H,(H2,14,15,16). The molecule has 0 amide bonds. The highest BCUT2D eigenvalue weighted by Crippen LogP contribution is 2.27. The fourth-order valence-corrected chi connectivity index (χ4v) is 1.84. The van der Waals surface area contributed by atoms with Gasteiger partial charge >= 0.3 is 0 Å². The zero-order chi connectivity index (χ0) is 11.7. The topological polar surface area (TPSA) is 51.8 Å². The van der Waals surface area contributed by atoms with Gasteiger partial charge in [0, 0.05) is 16.2 Å². The summed E-state index contributed by atoms with van der Waals surface area (Å²) >= 11 is 11.4. The number of aromatic nitrogens is 2. The Kier molecular flexibility index (Phi) is 3.66. The molecule has 0 bridgehead atoms. The maximum atomic E-state index is 6.00. The van der Waals surface area contributed by atoms with E-state index >= 15 is 0 Å². The molecule has 6 heteroatoms. The molecule has 1 aromatic carbocycles. The van der Waals surface area contributed by atoms with Gasteiger partial charge in [0.25, 0.3) is 0 Å². The van der Waals surface area contributed by atoms with Gasteiger partial charge in [-0.1, -0.05) is 11.6 Å². The van der Waals surface area contributed by atoms with Crippen LogP contribution in [0.2, 0.25) is 5.02 Å². The Morgan fingerprint density at radius 3 is 2.75 bits per heavy atom. The Morgan fingerprint density at radius 1 is 1.38 bits per heavy atom. The first-order valence-electron chi connectivity index (χ1n) is 4.31. The lowest BCUT2D eigenvalue weighted by atomic mass is 10.2. The van der Waals surface area contributed by atoms with Gasteiger partial charge < -0.3 is 5.73 Å². The van der Waals surface area contributed by atoms with E-state index < -0.39 is 0 Å². The number of hydrogen-bond donors (Lipinski definition) is 1. The van der Waals surface area contributed by atoms with Gasteiger partial charge in [-0.3, -0.25) is 0 Å². The minimum absolute atomic E-state index is 0.477. The molecule has 16 heavy (non-hydrogen) atoms. The average Bonchev–Trinajstić information content (AvgIpc) is 2.26. The molecule has 0 radical (unpaired) electrons. The van der Waals surface area contributed by atoms with E-state index in [4.69, 9.17) is 17.3 Å². The van der Waals surface area contributed by atoms with Crippen molar-refractivity contribution in [3.05, 3.63) is 37.5 Å². The van der Waals surface area contributed by atoms with Crippen LogP contribution in [0.1, 0.15) is 0 Å². The van der Waals surface area contributed by atoms with E-state index in [-0.39, 0.29) is 0 Å². The van der Waals surface area contributed by atoms with Crippen molar-refractivity contribution in [3.63, 3.8) is 0 Å². The molecule has 0 fully saturated rings. The lowest BCUT2D eigenvalue weighted by Crippen LogP contribution is -1.98. The third-order valence-electron chi connectivity index (χ3n) is 1.95. The van der Waals surface area contributed by atoms with Crippen molar-refractivity contribution >= 4 is 55.9 Å². The lowest BCUT2D eigenvalue weighted by Gasteiger charge is -2.03. The maximum Gasteiger partial charge on any atom is 0.161 e. The van der Waals surface area contributed by atoms with Crippen molar-refractivity contribution in [3.8, 4) is 11.4 Å². The van der Waals surface area contributed by atoms with Crippen LogP contribution in [0.15, 0.2) is 28.9 Å². The first-order valence-corrected chi connectivity index (χ1v) is 6.56. The normalized spacial score (nSPS) is 10.4. The molecule has 3 nitrogen and oxygen atoms in total. The first kappa shape index (κ1) is 12.1. The Bertz CT molecular complexity index is 498. The monoisotopic (exact) mass is 409 g/mol. The molecule has 0 unspecified atom stereocenters. The predicted molar refractivity (Wildman–Crippen MR) is 77.3 cm³/mol. The number of halogens is 3. The summed E-state index contributed by atoms with van der Waals surface area (Å²) in [6, 6.07) is 5.54.